The van der Waals surface area contributed by atoms with E-state index in [1.807, 2.05) is 13.8 Å². The Labute approximate surface area is 163 Å². The molecule has 1 aliphatic heterocycles. The van der Waals surface area contributed by atoms with Gasteiger partial charge in [0.25, 0.3) is 5.91 Å². The lowest BCUT2D eigenvalue weighted by Crippen LogP contribution is -2.42. The van der Waals surface area contributed by atoms with E-state index >= 15 is 0 Å². The van der Waals surface area contributed by atoms with E-state index in [0.29, 0.717) is 23.9 Å². The Bertz CT molecular complexity index is 857. The summed E-state index contributed by atoms with van der Waals surface area (Å²) in [6.07, 6.45) is 1.78. The maximum absolute atomic E-state index is 12.6. The van der Waals surface area contributed by atoms with E-state index in [1.165, 1.54) is 4.68 Å². The van der Waals surface area contributed by atoms with Gasteiger partial charge in [-0.05, 0) is 51.0 Å². The Morgan fingerprint density at radius 1 is 1.33 bits per heavy atom. The summed E-state index contributed by atoms with van der Waals surface area (Å²) in [6, 6.07) is 6.96. The summed E-state index contributed by atoms with van der Waals surface area (Å²) in [5, 5.41) is 5.06. The Kier molecular flexibility index (Phi) is 5.89. The Morgan fingerprint density at radius 2 is 2.04 bits per heavy atom. The molecule has 0 N–H and O–H groups in total. The van der Waals surface area contributed by atoms with Gasteiger partial charge in [-0.1, -0.05) is 11.6 Å². The zero-order valence-electron chi connectivity index (χ0n) is 15.9. The highest BCUT2D eigenvalue weighted by molar-refractivity contribution is 6.30. The fourth-order valence-electron chi connectivity index (χ4n) is 3.44. The van der Waals surface area contributed by atoms with Gasteiger partial charge >= 0.3 is 5.69 Å². The molecule has 0 aliphatic carbocycles. The molecule has 3 rings (SSSR count). The van der Waals surface area contributed by atoms with Crippen LogP contribution >= 0.6 is 11.6 Å². The fourth-order valence-corrected chi connectivity index (χ4v) is 3.57. The van der Waals surface area contributed by atoms with Gasteiger partial charge in [-0.2, -0.15) is 5.10 Å². The SMILES string of the molecule is CC(C)n1c(C2CCCN(C(=O)COc3ccc(Cl)cc3)C2)nn(C)c1=O. The molecule has 146 valence electrons. The summed E-state index contributed by atoms with van der Waals surface area (Å²) in [5.41, 5.74) is -0.116. The van der Waals surface area contributed by atoms with Crippen molar-refractivity contribution in [2.75, 3.05) is 19.7 Å². The van der Waals surface area contributed by atoms with Crippen LogP contribution in [0.1, 0.15) is 44.5 Å². The van der Waals surface area contributed by atoms with Crippen molar-refractivity contribution in [2.24, 2.45) is 7.05 Å². The van der Waals surface area contributed by atoms with E-state index in [4.69, 9.17) is 16.3 Å². The number of hydrogen-bond acceptors (Lipinski definition) is 4. The summed E-state index contributed by atoms with van der Waals surface area (Å²) in [5.74, 6) is 1.35. The summed E-state index contributed by atoms with van der Waals surface area (Å²) in [7, 11) is 1.66. The van der Waals surface area contributed by atoms with Crippen LogP contribution in [0.5, 0.6) is 5.75 Å². The monoisotopic (exact) mass is 392 g/mol. The van der Waals surface area contributed by atoms with Crippen molar-refractivity contribution in [2.45, 2.75) is 38.6 Å². The average Bonchev–Trinajstić information content (AvgIpc) is 2.96. The van der Waals surface area contributed by atoms with Gasteiger partial charge in [0, 0.05) is 37.1 Å². The van der Waals surface area contributed by atoms with E-state index < -0.39 is 0 Å². The van der Waals surface area contributed by atoms with Crippen molar-refractivity contribution < 1.29 is 9.53 Å². The number of nitrogens with zero attached hydrogens (tertiary/aromatic N) is 4. The minimum atomic E-state index is -0.116. The largest absolute Gasteiger partial charge is 0.484 e. The summed E-state index contributed by atoms with van der Waals surface area (Å²) < 4.78 is 8.68. The number of rotatable bonds is 5. The molecule has 0 radical (unpaired) electrons. The van der Waals surface area contributed by atoms with E-state index in [0.717, 1.165) is 18.7 Å². The quantitative estimate of drug-likeness (QED) is 0.784. The van der Waals surface area contributed by atoms with Crippen LogP contribution in [0.15, 0.2) is 29.1 Å². The van der Waals surface area contributed by atoms with Crippen molar-refractivity contribution in [3.63, 3.8) is 0 Å². The van der Waals surface area contributed by atoms with Gasteiger partial charge in [0.15, 0.2) is 6.61 Å². The van der Waals surface area contributed by atoms with E-state index in [1.54, 1.807) is 40.8 Å². The van der Waals surface area contributed by atoms with Crippen LogP contribution in [-0.4, -0.2) is 44.9 Å². The zero-order valence-corrected chi connectivity index (χ0v) is 16.6. The highest BCUT2D eigenvalue weighted by Crippen LogP contribution is 2.26. The normalized spacial score (nSPS) is 17.4. The van der Waals surface area contributed by atoms with Crippen LogP contribution < -0.4 is 10.4 Å². The smallest absolute Gasteiger partial charge is 0.345 e. The molecule has 1 aliphatic rings. The molecule has 8 heteroatoms. The molecular weight excluding hydrogens is 368 g/mol. The number of benzene rings is 1. The summed E-state index contributed by atoms with van der Waals surface area (Å²) in [6.45, 7) is 5.16. The number of ether oxygens (including phenoxy) is 1. The molecule has 1 atom stereocenters. The Morgan fingerprint density at radius 3 is 2.70 bits per heavy atom. The van der Waals surface area contributed by atoms with Crippen LogP contribution in [0, 0.1) is 0 Å². The molecule has 2 heterocycles. The van der Waals surface area contributed by atoms with Gasteiger partial charge in [0.05, 0.1) is 0 Å². The second kappa shape index (κ2) is 8.17. The van der Waals surface area contributed by atoms with Gasteiger partial charge < -0.3 is 9.64 Å². The lowest BCUT2D eigenvalue weighted by atomic mass is 9.97. The number of amides is 1. The van der Waals surface area contributed by atoms with Gasteiger partial charge in [0.2, 0.25) is 0 Å². The predicted molar refractivity (Wildman–Crippen MR) is 103 cm³/mol. The number of likely N-dealkylation sites (tertiary alicyclic amines) is 1. The standard InChI is InChI=1S/C19H25ClN4O3/c1-13(2)24-18(21-22(3)19(24)26)14-5-4-10-23(11-14)17(25)12-27-16-8-6-15(20)7-9-16/h6-9,13-14H,4-5,10-12H2,1-3H3. The van der Waals surface area contributed by atoms with E-state index in [2.05, 4.69) is 5.10 Å². The number of hydrogen-bond donors (Lipinski definition) is 0. The first-order valence-electron chi connectivity index (χ1n) is 9.18. The lowest BCUT2D eigenvalue weighted by molar-refractivity contribution is -0.134. The average molecular weight is 393 g/mol. The zero-order chi connectivity index (χ0) is 19.6. The molecule has 1 fully saturated rings. The van der Waals surface area contributed by atoms with Crippen LogP contribution in [0.3, 0.4) is 0 Å². The maximum atomic E-state index is 12.6. The van der Waals surface area contributed by atoms with Crippen LogP contribution in [0.4, 0.5) is 0 Å². The van der Waals surface area contributed by atoms with Gasteiger partial charge in [-0.3, -0.25) is 9.36 Å². The first-order valence-corrected chi connectivity index (χ1v) is 9.56. The number of carbonyl (C=O) groups excluding carboxylic acids is 1. The molecule has 1 aromatic heterocycles. The third-order valence-corrected chi connectivity index (χ3v) is 5.07. The second-order valence-electron chi connectivity index (χ2n) is 7.15. The molecule has 27 heavy (non-hydrogen) atoms. The van der Waals surface area contributed by atoms with Crippen molar-refractivity contribution in [1.29, 1.82) is 0 Å². The van der Waals surface area contributed by atoms with E-state index in [-0.39, 0.29) is 30.2 Å². The first kappa shape index (κ1) is 19.5. The molecular formula is C19H25ClN4O3. The number of carbonyl (C=O) groups is 1. The Hall–Kier alpha value is -2.28. The third kappa shape index (κ3) is 4.35. The third-order valence-electron chi connectivity index (χ3n) is 4.81. The molecule has 0 spiro atoms. The second-order valence-corrected chi connectivity index (χ2v) is 7.59. The molecule has 1 unspecified atom stereocenters. The molecule has 0 bridgehead atoms. The minimum absolute atomic E-state index is 0.0203. The number of aryl methyl sites for hydroxylation is 1. The van der Waals surface area contributed by atoms with Crippen molar-refractivity contribution >= 4 is 17.5 Å². The molecule has 1 aromatic carbocycles. The van der Waals surface area contributed by atoms with Crippen LogP contribution in [-0.2, 0) is 11.8 Å². The predicted octanol–water partition coefficient (Wildman–Crippen LogP) is 2.60. The van der Waals surface area contributed by atoms with Gasteiger partial charge in [0.1, 0.15) is 11.6 Å². The van der Waals surface area contributed by atoms with Gasteiger partial charge in [-0.15, -0.1) is 0 Å². The lowest BCUT2D eigenvalue weighted by Gasteiger charge is -2.32. The van der Waals surface area contributed by atoms with Crippen molar-refractivity contribution in [3.05, 3.63) is 45.6 Å². The topological polar surface area (TPSA) is 69.4 Å². The van der Waals surface area contributed by atoms with Crippen LogP contribution in [0.2, 0.25) is 5.02 Å². The molecule has 1 amide bonds. The number of halogens is 1. The first-order chi connectivity index (χ1) is 12.9. The van der Waals surface area contributed by atoms with E-state index in [9.17, 15) is 9.59 Å². The van der Waals surface area contributed by atoms with Crippen molar-refractivity contribution in [1.82, 2.24) is 19.2 Å². The number of aromatic nitrogens is 3. The molecule has 2 aromatic rings. The van der Waals surface area contributed by atoms with Gasteiger partial charge in [-0.25, -0.2) is 9.48 Å². The minimum Gasteiger partial charge on any atom is -0.484 e. The fraction of sp³-hybridized carbons (Fsp3) is 0.526. The number of piperidine rings is 1. The molecule has 7 nitrogen and oxygen atoms in total. The molecule has 1 saturated heterocycles. The van der Waals surface area contributed by atoms with Crippen molar-refractivity contribution in [3.8, 4) is 5.75 Å². The maximum Gasteiger partial charge on any atom is 0.345 e. The highest BCUT2D eigenvalue weighted by atomic mass is 35.5. The summed E-state index contributed by atoms with van der Waals surface area (Å²) >= 11 is 5.86. The molecule has 0 saturated carbocycles. The summed E-state index contributed by atoms with van der Waals surface area (Å²) in [4.78, 5) is 26.7. The Balaban J connectivity index is 1.67. The van der Waals surface area contributed by atoms with Crippen LogP contribution in [0.25, 0.3) is 0 Å². The highest BCUT2D eigenvalue weighted by Gasteiger charge is 2.30.